The second-order valence-electron chi connectivity index (χ2n) is 26.7. The van der Waals surface area contributed by atoms with Crippen LogP contribution in [0, 0.1) is 0 Å². The molecule has 0 bridgehead atoms. The maximum atomic E-state index is 13.1. The molecule has 0 rings (SSSR count). The topological polar surface area (TPSA) is 237 Å². The monoisotopic (exact) mass is 1370 g/mol. The van der Waals surface area contributed by atoms with Gasteiger partial charge >= 0.3 is 39.5 Å². The molecule has 552 valence electrons. The average molecular weight is 1370 g/mol. The Morgan fingerprint density at radius 2 is 0.430 bits per heavy atom. The fourth-order valence-electron chi connectivity index (χ4n) is 11.4. The van der Waals surface area contributed by atoms with E-state index in [0.29, 0.717) is 25.7 Å². The van der Waals surface area contributed by atoms with Crippen molar-refractivity contribution in [3.05, 3.63) is 0 Å². The summed E-state index contributed by atoms with van der Waals surface area (Å²) in [6.45, 7) is 4.94. The van der Waals surface area contributed by atoms with Crippen molar-refractivity contribution in [3.8, 4) is 0 Å². The lowest BCUT2D eigenvalue weighted by Gasteiger charge is -2.21. The third-order valence-corrected chi connectivity index (χ3v) is 19.3. The van der Waals surface area contributed by atoms with Crippen molar-refractivity contribution < 1.29 is 80.2 Å². The number of phosphoric ester groups is 2. The van der Waals surface area contributed by atoms with E-state index in [0.717, 1.165) is 96.3 Å². The van der Waals surface area contributed by atoms with E-state index in [2.05, 4.69) is 27.7 Å². The standard InChI is InChI=1S/C74H144O17P2/c1-5-9-13-17-21-25-28-31-32-33-34-35-36-37-38-39-42-45-49-53-57-61-74(79)91-70(65-85-72(77)59-55-51-47-43-40-29-26-22-18-14-10-6-2)67-89-93(82,83)87-63-68(75)62-86-92(80,81)88-66-69(64-84-71(76)58-54-50-46-24-20-16-12-8-4)90-73(78)60-56-52-48-44-41-30-27-23-19-15-11-7-3/h68-70,75H,5-67H2,1-4H3,(H,80,81)(H,82,83)/t68-,69+,70+/m0/s1. The van der Waals surface area contributed by atoms with Crippen molar-refractivity contribution in [2.75, 3.05) is 39.6 Å². The van der Waals surface area contributed by atoms with Crippen molar-refractivity contribution in [1.82, 2.24) is 0 Å². The van der Waals surface area contributed by atoms with Crippen LogP contribution in [0.2, 0.25) is 0 Å². The molecular weight excluding hydrogens is 1220 g/mol. The first-order valence-corrected chi connectivity index (χ1v) is 41.8. The molecule has 93 heavy (non-hydrogen) atoms. The summed E-state index contributed by atoms with van der Waals surface area (Å²) in [6, 6.07) is 0. The van der Waals surface area contributed by atoms with Gasteiger partial charge in [-0.1, -0.05) is 342 Å². The van der Waals surface area contributed by atoms with Crippen LogP contribution in [-0.2, 0) is 65.4 Å². The molecule has 0 heterocycles. The SMILES string of the molecule is CCCCCCCCCCCCCCCCCCCCCCCC(=O)O[C@H](COC(=O)CCCCCCCCCCCCCC)COP(=O)(O)OC[C@@H](O)COP(=O)(O)OC[C@@H](COC(=O)CCCCCCCCCC)OC(=O)CCCCCCCCCCCCCC. The van der Waals surface area contributed by atoms with Crippen LogP contribution in [0.15, 0.2) is 0 Å². The number of aliphatic hydroxyl groups is 1. The Kier molecular flexibility index (Phi) is 67.1. The number of ether oxygens (including phenoxy) is 4. The lowest BCUT2D eigenvalue weighted by molar-refractivity contribution is -0.161. The molecule has 0 amide bonds. The number of rotatable bonds is 75. The van der Waals surface area contributed by atoms with E-state index >= 15 is 0 Å². The predicted octanol–water partition coefficient (Wildman–Crippen LogP) is 21.8. The summed E-state index contributed by atoms with van der Waals surface area (Å²) in [7, 11) is -9.90. The molecule has 0 aromatic heterocycles. The van der Waals surface area contributed by atoms with Crippen LogP contribution in [-0.4, -0.2) is 96.7 Å². The Hall–Kier alpha value is -1.94. The minimum absolute atomic E-state index is 0.108. The fraction of sp³-hybridized carbons (Fsp3) is 0.946. The number of hydrogen-bond acceptors (Lipinski definition) is 15. The highest BCUT2D eigenvalue weighted by molar-refractivity contribution is 7.47. The van der Waals surface area contributed by atoms with Gasteiger partial charge in [-0.05, 0) is 25.7 Å². The average Bonchev–Trinajstić information content (AvgIpc) is 3.05. The summed E-state index contributed by atoms with van der Waals surface area (Å²) >= 11 is 0. The molecule has 19 heteroatoms. The number of carbonyl (C=O) groups is 4. The van der Waals surface area contributed by atoms with Crippen molar-refractivity contribution in [2.45, 2.75) is 412 Å². The van der Waals surface area contributed by atoms with Gasteiger partial charge in [0.25, 0.3) is 0 Å². The van der Waals surface area contributed by atoms with Gasteiger partial charge in [0.15, 0.2) is 12.2 Å². The van der Waals surface area contributed by atoms with Crippen LogP contribution in [0.4, 0.5) is 0 Å². The maximum Gasteiger partial charge on any atom is 0.472 e. The zero-order valence-electron chi connectivity index (χ0n) is 60.2. The lowest BCUT2D eigenvalue weighted by Crippen LogP contribution is -2.30. The summed E-state index contributed by atoms with van der Waals surface area (Å²) in [5, 5.41) is 10.6. The van der Waals surface area contributed by atoms with Gasteiger partial charge in [0.1, 0.15) is 19.3 Å². The van der Waals surface area contributed by atoms with Gasteiger partial charge in [0, 0.05) is 25.7 Å². The molecule has 5 atom stereocenters. The van der Waals surface area contributed by atoms with Gasteiger partial charge in [-0.3, -0.25) is 37.3 Å². The quantitative estimate of drug-likeness (QED) is 0.0222. The molecule has 0 aromatic rings. The Balaban J connectivity index is 5.16. The molecule has 0 fully saturated rings. The predicted molar refractivity (Wildman–Crippen MR) is 377 cm³/mol. The number of unbranched alkanes of at least 4 members (excludes halogenated alkanes) is 49. The first-order chi connectivity index (χ1) is 45.2. The highest BCUT2D eigenvalue weighted by atomic mass is 31.2. The normalized spacial score (nSPS) is 13.9. The number of carbonyl (C=O) groups excluding carboxylic acids is 4. The van der Waals surface area contributed by atoms with E-state index in [4.69, 9.17) is 37.0 Å². The molecule has 0 saturated heterocycles. The Bertz CT molecular complexity index is 1770. The van der Waals surface area contributed by atoms with Crippen LogP contribution in [0.1, 0.15) is 394 Å². The maximum absolute atomic E-state index is 13.1. The van der Waals surface area contributed by atoms with Crippen molar-refractivity contribution in [3.63, 3.8) is 0 Å². The zero-order valence-corrected chi connectivity index (χ0v) is 62.0. The lowest BCUT2D eigenvalue weighted by atomic mass is 10.0. The fourth-order valence-corrected chi connectivity index (χ4v) is 13.0. The summed E-state index contributed by atoms with van der Waals surface area (Å²) in [4.78, 5) is 72.6. The summed E-state index contributed by atoms with van der Waals surface area (Å²) in [5.41, 5.74) is 0. The van der Waals surface area contributed by atoms with E-state index in [1.54, 1.807) is 0 Å². The first kappa shape index (κ1) is 91.1. The van der Waals surface area contributed by atoms with Crippen LogP contribution in [0.25, 0.3) is 0 Å². The smallest absolute Gasteiger partial charge is 0.462 e. The van der Waals surface area contributed by atoms with Gasteiger partial charge in [0.05, 0.1) is 26.4 Å². The Labute approximate surface area is 568 Å². The zero-order chi connectivity index (χ0) is 68.2. The van der Waals surface area contributed by atoms with Gasteiger partial charge < -0.3 is 33.8 Å². The molecule has 2 unspecified atom stereocenters. The van der Waals surface area contributed by atoms with Crippen LogP contribution in [0.5, 0.6) is 0 Å². The van der Waals surface area contributed by atoms with Crippen LogP contribution < -0.4 is 0 Å². The molecule has 0 aliphatic rings. The van der Waals surface area contributed by atoms with Gasteiger partial charge in [-0.25, -0.2) is 9.13 Å². The van der Waals surface area contributed by atoms with E-state index in [9.17, 15) is 43.2 Å². The van der Waals surface area contributed by atoms with E-state index in [-0.39, 0.29) is 25.7 Å². The highest BCUT2D eigenvalue weighted by Crippen LogP contribution is 2.45. The molecule has 0 saturated carbocycles. The van der Waals surface area contributed by atoms with Crippen molar-refractivity contribution >= 4 is 39.5 Å². The molecule has 0 aliphatic heterocycles. The van der Waals surface area contributed by atoms with Crippen molar-refractivity contribution in [1.29, 1.82) is 0 Å². The minimum atomic E-state index is -4.95. The number of hydrogen-bond donors (Lipinski definition) is 3. The number of aliphatic hydroxyl groups excluding tert-OH is 1. The number of phosphoric acid groups is 2. The largest absolute Gasteiger partial charge is 0.472 e. The Morgan fingerprint density at radius 1 is 0.258 bits per heavy atom. The summed E-state index contributed by atoms with van der Waals surface area (Å²) in [5.74, 6) is -2.12. The summed E-state index contributed by atoms with van der Waals surface area (Å²) < 4.78 is 68.3. The Morgan fingerprint density at radius 3 is 0.634 bits per heavy atom. The minimum Gasteiger partial charge on any atom is -0.462 e. The molecule has 3 N–H and O–H groups in total. The molecule has 0 spiro atoms. The van der Waals surface area contributed by atoms with E-state index in [1.165, 1.54) is 218 Å². The van der Waals surface area contributed by atoms with E-state index < -0.39 is 97.5 Å². The number of esters is 4. The van der Waals surface area contributed by atoms with Gasteiger partial charge in [-0.2, -0.15) is 0 Å². The van der Waals surface area contributed by atoms with Gasteiger partial charge in [-0.15, -0.1) is 0 Å². The van der Waals surface area contributed by atoms with Crippen LogP contribution in [0.3, 0.4) is 0 Å². The summed E-state index contributed by atoms with van der Waals surface area (Å²) in [6.07, 6.45) is 58.3. The highest BCUT2D eigenvalue weighted by Gasteiger charge is 2.30. The molecule has 0 aliphatic carbocycles. The second kappa shape index (κ2) is 68.6. The van der Waals surface area contributed by atoms with Crippen LogP contribution >= 0.6 is 15.6 Å². The third-order valence-electron chi connectivity index (χ3n) is 17.4. The first-order valence-electron chi connectivity index (χ1n) is 38.8. The third kappa shape index (κ3) is 68.4. The second-order valence-corrected chi connectivity index (χ2v) is 29.6. The van der Waals surface area contributed by atoms with Gasteiger partial charge in [0.2, 0.25) is 0 Å². The molecule has 0 aromatic carbocycles. The molecule has 17 nitrogen and oxygen atoms in total. The van der Waals surface area contributed by atoms with E-state index in [1.807, 2.05) is 0 Å². The molecular formula is C74H144O17P2. The van der Waals surface area contributed by atoms with Crippen molar-refractivity contribution in [2.24, 2.45) is 0 Å². The molecule has 0 radical (unpaired) electrons.